The molecule has 0 N–H and O–H groups in total. The van der Waals surface area contributed by atoms with E-state index in [-0.39, 0.29) is 0 Å². The van der Waals surface area contributed by atoms with Crippen LogP contribution < -0.4 is 4.74 Å². The van der Waals surface area contributed by atoms with Gasteiger partial charge in [0, 0.05) is 11.8 Å². The molecule has 0 aliphatic rings. The molecule has 0 amide bonds. The Balaban J connectivity index is 2.22. The van der Waals surface area contributed by atoms with Crippen molar-refractivity contribution in [3.05, 3.63) is 65.5 Å². The fraction of sp³-hybridized carbons (Fsp3) is 0.158. The summed E-state index contributed by atoms with van der Waals surface area (Å²) in [6.45, 7) is 4.12. The lowest BCUT2D eigenvalue weighted by Gasteiger charge is -2.14. The van der Waals surface area contributed by atoms with E-state index in [1.807, 2.05) is 34.9 Å². The standard InChI is InChI=1S/C19H17N3O/c1-13-5-4-6-14(2)18(13)22-12-16(11-20)21-19(22)15-7-9-17(23-3)10-8-15/h4-10,12H,1-3H3. The van der Waals surface area contributed by atoms with Gasteiger partial charge in [-0.3, -0.25) is 4.57 Å². The fourth-order valence-corrected chi connectivity index (χ4v) is 2.73. The van der Waals surface area contributed by atoms with Crippen molar-refractivity contribution in [2.75, 3.05) is 7.11 Å². The molecule has 1 heterocycles. The Morgan fingerprint density at radius 2 is 1.70 bits per heavy atom. The summed E-state index contributed by atoms with van der Waals surface area (Å²) in [7, 11) is 1.64. The summed E-state index contributed by atoms with van der Waals surface area (Å²) in [5.74, 6) is 1.54. The third kappa shape index (κ3) is 2.69. The van der Waals surface area contributed by atoms with Gasteiger partial charge in [0.1, 0.15) is 17.6 Å². The van der Waals surface area contributed by atoms with Crippen LogP contribution in [0, 0.1) is 25.2 Å². The van der Waals surface area contributed by atoms with E-state index in [0.29, 0.717) is 5.69 Å². The van der Waals surface area contributed by atoms with E-state index in [4.69, 9.17) is 4.74 Å². The molecule has 0 saturated heterocycles. The number of rotatable bonds is 3. The first kappa shape index (κ1) is 14.9. The van der Waals surface area contributed by atoms with Gasteiger partial charge in [0.2, 0.25) is 0 Å². The van der Waals surface area contributed by atoms with E-state index in [0.717, 1.165) is 34.0 Å². The maximum atomic E-state index is 9.24. The second kappa shape index (κ2) is 5.98. The number of ether oxygens (including phenoxy) is 1. The number of para-hydroxylation sites is 1. The molecule has 4 heteroatoms. The van der Waals surface area contributed by atoms with E-state index in [1.54, 1.807) is 13.3 Å². The number of nitrogens with zero attached hydrogens (tertiary/aromatic N) is 3. The fourth-order valence-electron chi connectivity index (χ4n) is 2.73. The topological polar surface area (TPSA) is 50.8 Å². The van der Waals surface area contributed by atoms with Crippen LogP contribution in [0.3, 0.4) is 0 Å². The molecule has 0 atom stereocenters. The molecule has 3 aromatic rings. The molecule has 0 radical (unpaired) electrons. The van der Waals surface area contributed by atoms with Gasteiger partial charge in [0.05, 0.1) is 12.8 Å². The predicted octanol–water partition coefficient (Wildman–Crippen LogP) is 4.04. The minimum Gasteiger partial charge on any atom is -0.497 e. The van der Waals surface area contributed by atoms with Crippen molar-refractivity contribution in [3.63, 3.8) is 0 Å². The molecule has 0 bridgehead atoms. The van der Waals surface area contributed by atoms with Gasteiger partial charge < -0.3 is 4.74 Å². The third-order valence-electron chi connectivity index (χ3n) is 3.85. The first-order valence-corrected chi connectivity index (χ1v) is 7.34. The molecule has 0 spiro atoms. The van der Waals surface area contributed by atoms with E-state index >= 15 is 0 Å². The van der Waals surface area contributed by atoms with E-state index in [1.165, 1.54) is 0 Å². The average Bonchev–Trinajstić information content (AvgIpc) is 2.99. The summed E-state index contributed by atoms with van der Waals surface area (Å²) in [4.78, 5) is 4.47. The van der Waals surface area contributed by atoms with E-state index < -0.39 is 0 Å². The Kier molecular flexibility index (Phi) is 3.86. The summed E-state index contributed by atoms with van der Waals surface area (Å²) >= 11 is 0. The molecule has 1 aromatic heterocycles. The highest BCUT2D eigenvalue weighted by Gasteiger charge is 2.14. The molecular formula is C19H17N3O. The van der Waals surface area contributed by atoms with Crippen LogP contribution in [-0.2, 0) is 0 Å². The second-order valence-electron chi connectivity index (χ2n) is 5.40. The maximum Gasteiger partial charge on any atom is 0.159 e. The monoisotopic (exact) mass is 303 g/mol. The van der Waals surface area contributed by atoms with Crippen LogP contribution in [0.5, 0.6) is 5.75 Å². The van der Waals surface area contributed by atoms with Crippen LogP contribution >= 0.6 is 0 Å². The molecule has 114 valence electrons. The molecule has 2 aromatic carbocycles. The van der Waals surface area contributed by atoms with Crippen LogP contribution in [0.4, 0.5) is 0 Å². The number of methoxy groups -OCH3 is 1. The number of imidazole rings is 1. The van der Waals surface area contributed by atoms with Gasteiger partial charge in [0.15, 0.2) is 5.69 Å². The Morgan fingerprint density at radius 1 is 1.04 bits per heavy atom. The number of aromatic nitrogens is 2. The highest BCUT2D eigenvalue weighted by molar-refractivity contribution is 5.63. The van der Waals surface area contributed by atoms with Crippen molar-refractivity contribution in [2.45, 2.75) is 13.8 Å². The number of nitriles is 1. The van der Waals surface area contributed by atoms with Gasteiger partial charge in [-0.15, -0.1) is 0 Å². The lowest BCUT2D eigenvalue weighted by Crippen LogP contribution is -2.01. The zero-order valence-electron chi connectivity index (χ0n) is 13.4. The summed E-state index contributed by atoms with van der Waals surface area (Å²) in [6, 6.07) is 16.0. The number of aryl methyl sites for hydroxylation is 2. The van der Waals surface area contributed by atoms with Crippen LogP contribution in [0.15, 0.2) is 48.7 Å². The van der Waals surface area contributed by atoms with E-state index in [9.17, 15) is 5.26 Å². The summed E-state index contributed by atoms with van der Waals surface area (Å²) in [5, 5.41) is 9.24. The van der Waals surface area contributed by atoms with Crippen molar-refractivity contribution in [1.82, 2.24) is 9.55 Å². The zero-order chi connectivity index (χ0) is 16.4. The molecule has 0 fully saturated rings. The smallest absolute Gasteiger partial charge is 0.159 e. The van der Waals surface area contributed by atoms with Crippen LogP contribution in [0.2, 0.25) is 0 Å². The molecule has 0 aliphatic heterocycles. The maximum absolute atomic E-state index is 9.24. The normalized spacial score (nSPS) is 10.3. The SMILES string of the molecule is COc1ccc(-c2nc(C#N)cn2-c2c(C)cccc2C)cc1. The third-order valence-corrected chi connectivity index (χ3v) is 3.85. The Labute approximate surface area is 135 Å². The summed E-state index contributed by atoms with van der Waals surface area (Å²) < 4.78 is 7.20. The zero-order valence-corrected chi connectivity index (χ0v) is 13.4. The van der Waals surface area contributed by atoms with Gasteiger partial charge in [-0.2, -0.15) is 5.26 Å². The lowest BCUT2D eigenvalue weighted by molar-refractivity contribution is 0.415. The van der Waals surface area contributed by atoms with Crippen molar-refractivity contribution in [2.24, 2.45) is 0 Å². The van der Waals surface area contributed by atoms with Gasteiger partial charge in [0.25, 0.3) is 0 Å². The van der Waals surface area contributed by atoms with Crippen molar-refractivity contribution in [3.8, 4) is 28.9 Å². The lowest BCUT2D eigenvalue weighted by atomic mass is 10.1. The molecule has 0 saturated carbocycles. The van der Waals surface area contributed by atoms with E-state index in [2.05, 4.69) is 37.0 Å². The van der Waals surface area contributed by atoms with Crippen LogP contribution in [-0.4, -0.2) is 16.7 Å². The second-order valence-corrected chi connectivity index (χ2v) is 5.40. The summed E-state index contributed by atoms with van der Waals surface area (Å²) in [5.41, 5.74) is 4.68. The first-order chi connectivity index (χ1) is 11.1. The molecule has 0 aliphatic carbocycles. The molecule has 3 rings (SSSR count). The molecule has 23 heavy (non-hydrogen) atoms. The van der Waals surface area contributed by atoms with Crippen LogP contribution in [0.25, 0.3) is 17.1 Å². The van der Waals surface area contributed by atoms with Crippen molar-refractivity contribution < 1.29 is 4.74 Å². The quantitative estimate of drug-likeness (QED) is 0.734. The number of hydrogen-bond acceptors (Lipinski definition) is 3. The largest absolute Gasteiger partial charge is 0.497 e. The van der Waals surface area contributed by atoms with Gasteiger partial charge >= 0.3 is 0 Å². The van der Waals surface area contributed by atoms with Crippen LogP contribution in [0.1, 0.15) is 16.8 Å². The van der Waals surface area contributed by atoms with Gasteiger partial charge in [-0.25, -0.2) is 4.98 Å². The molecule has 0 unspecified atom stereocenters. The number of benzene rings is 2. The Hall–Kier alpha value is -3.06. The average molecular weight is 303 g/mol. The van der Waals surface area contributed by atoms with Crippen molar-refractivity contribution in [1.29, 1.82) is 5.26 Å². The minimum atomic E-state index is 0.401. The van der Waals surface area contributed by atoms with Gasteiger partial charge in [-0.1, -0.05) is 18.2 Å². The van der Waals surface area contributed by atoms with Gasteiger partial charge in [-0.05, 0) is 49.2 Å². The highest BCUT2D eigenvalue weighted by atomic mass is 16.5. The Bertz CT molecular complexity index is 866. The highest BCUT2D eigenvalue weighted by Crippen LogP contribution is 2.28. The number of hydrogen-bond donors (Lipinski definition) is 0. The predicted molar refractivity (Wildman–Crippen MR) is 89.7 cm³/mol. The summed E-state index contributed by atoms with van der Waals surface area (Å²) in [6.07, 6.45) is 1.79. The Morgan fingerprint density at radius 3 is 2.26 bits per heavy atom. The first-order valence-electron chi connectivity index (χ1n) is 7.34. The molecular weight excluding hydrogens is 286 g/mol. The molecule has 4 nitrogen and oxygen atoms in total. The minimum absolute atomic E-state index is 0.401. The van der Waals surface area contributed by atoms with Crippen molar-refractivity contribution >= 4 is 0 Å².